The molecule has 0 aliphatic carbocycles. The van der Waals surface area contributed by atoms with Gasteiger partial charge in [0.05, 0.1) is 10.2 Å². The summed E-state index contributed by atoms with van der Waals surface area (Å²) in [5, 5.41) is 0. The van der Waals surface area contributed by atoms with E-state index in [9.17, 15) is 12.8 Å². The summed E-state index contributed by atoms with van der Waals surface area (Å²) in [4.78, 5) is -0.123. The fraction of sp³-hybridized carbons (Fsp3) is 0.500. The lowest BCUT2D eigenvalue weighted by Gasteiger charge is -2.10. The van der Waals surface area contributed by atoms with Crippen LogP contribution in [0.15, 0.2) is 21.5 Å². The highest BCUT2D eigenvalue weighted by Gasteiger charge is 2.19. The number of anilines is 1. The molecule has 1 aromatic carbocycles. The van der Waals surface area contributed by atoms with Crippen molar-refractivity contribution < 1.29 is 17.5 Å². The Morgan fingerprint density at radius 1 is 1.35 bits per heavy atom. The molecule has 1 aromatic rings. The van der Waals surface area contributed by atoms with Crippen molar-refractivity contribution >= 4 is 31.6 Å². The number of ether oxygens (including phenoxy) is 1. The first kappa shape index (κ1) is 17.4. The fourth-order valence-electron chi connectivity index (χ4n) is 1.61. The molecule has 1 rings (SSSR count). The molecule has 0 aromatic heterocycles. The Hall–Kier alpha value is -0.700. The van der Waals surface area contributed by atoms with Gasteiger partial charge in [-0.05, 0) is 47.3 Å². The molecule has 8 heteroatoms. The first-order valence-electron chi connectivity index (χ1n) is 6.11. The maximum Gasteiger partial charge on any atom is 0.242 e. The van der Waals surface area contributed by atoms with E-state index in [-0.39, 0.29) is 15.1 Å². The second-order valence-corrected chi connectivity index (χ2v) is 6.85. The molecule has 0 amide bonds. The van der Waals surface area contributed by atoms with Gasteiger partial charge in [0, 0.05) is 20.3 Å². The summed E-state index contributed by atoms with van der Waals surface area (Å²) in [6, 6.07) is 2.15. The molecule has 3 N–H and O–H groups in total. The van der Waals surface area contributed by atoms with Crippen molar-refractivity contribution in [2.45, 2.75) is 24.2 Å². The van der Waals surface area contributed by atoms with Crippen LogP contribution in [0.3, 0.4) is 0 Å². The summed E-state index contributed by atoms with van der Waals surface area (Å²) in [7, 11) is -2.10. The molecule has 0 fully saturated rings. The van der Waals surface area contributed by atoms with E-state index in [0.29, 0.717) is 19.6 Å². The van der Waals surface area contributed by atoms with Crippen molar-refractivity contribution in [1.82, 2.24) is 4.72 Å². The zero-order valence-electron chi connectivity index (χ0n) is 11.2. The smallest absolute Gasteiger partial charge is 0.242 e. The molecule has 0 saturated carbocycles. The van der Waals surface area contributed by atoms with Crippen LogP contribution in [-0.2, 0) is 14.8 Å². The van der Waals surface area contributed by atoms with Gasteiger partial charge >= 0.3 is 0 Å². The van der Waals surface area contributed by atoms with Crippen molar-refractivity contribution in [1.29, 1.82) is 0 Å². The van der Waals surface area contributed by atoms with Crippen LogP contribution in [0.4, 0.5) is 10.1 Å². The van der Waals surface area contributed by atoms with Gasteiger partial charge in [0.1, 0.15) is 10.7 Å². The Morgan fingerprint density at radius 2 is 2.05 bits per heavy atom. The van der Waals surface area contributed by atoms with Crippen molar-refractivity contribution in [3.63, 3.8) is 0 Å². The van der Waals surface area contributed by atoms with E-state index in [4.69, 9.17) is 10.5 Å². The lowest BCUT2D eigenvalue weighted by Crippen LogP contribution is -2.25. The number of hydrogen-bond donors (Lipinski definition) is 2. The minimum atomic E-state index is -3.73. The Kier molecular flexibility index (Phi) is 6.87. The summed E-state index contributed by atoms with van der Waals surface area (Å²) in [5.41, 5.74) is 5.44. The molecule has 0 spiro atoms. The third-order valence-electron chi connectivity index (χ3n) is 2.66. The maximum absolute atomic E-state index is 13.2. The Labute approximate surface area is 126 Å². The van der Waals surface area contributed by atoms with Gasteiger partial charge in [-0.2, -0.15) is 0 Å². The average Bonchev–Trinajstić information content (AvgIpc) is 2.37. The molecule has 114 valence electrons. The first-order valence-corrected chi connectivity index (χ1v) is 8.39. The van der Waals surface area contributed by atoms with E-state index < -0.39 is 15.8 Å². The first-order chi connectivity index (χ1) is 9.38. The van der Waals surface area contributed by atoms with Gasteiger partial charge < -0.3 is 10.5 Å². The van der Waals surface area contributed by atoms with E-state index in [0.717, 1.165) is 25.0 Å². The highest BCUT2D eigenvalue weighted by Crippen LogP contribution is 2.25. The number of halogens is 2. The number of rotatable bonds is 8. The van der Waals surface area contributed by atoms with Crippen LogP contribution < -0.4 is 10.5 Å². The summed E-state index contributed by atoms with van der Waals surface area (Å²) >= 11 is 2.95. The summed E-state index contributed by atoms with van der Waals surface area (Å²) in [6.07, 6.45) is 2.44. The Balaban J connectivity index is 2.63. The second kappa shape index (κ2) is 7.92. The summed E-state index contributed by atoms with van der Waals surface area (Å²) in [6.45, 7) is 0.963. The van der Waals surface area contributed by atoms with E-state index in [1.807, 2.05) is 0 Å². The molecule has 0 saturated heterocycles. The minimum Gasteiger partial charge on any atom is -0.398 e. The molecule has 20 heavy (non-hydrogen) atoms. The lowest BCUT2D eigenvalue weighted by atomic mass is 10.2. The number of nitrogen functional groups attached to an aromatic ring is 1. The molecule has 0 radical (unpaired) electrons. The molecular weight excluding hydrogens is 351 g/mol. The van der Waals surface area contributed by atoms with Gasteiger partial charge in [0.15, 0.2) is 0 Å². The van der Waals surface area contributed by atoms with E-state index in [2.05, 4.69) is 20.7 Å². The van der Waals surface area contributed by atoms with Gasteiger partial charge in [-0.1, -0.05) is 0 Å². The van der Waals surface area contributed by atoms with Crippen LogP contribution in [0.1, 0.15) is 19.3 Å². The molecular formula is C12H18BrFN2O3S. The van der Waals surface area contributed by atoms with Gasteiger partial charge in [-0.3, -0.25) is 0 Å². The van der Waals surface area contributed by atoms with Gasteiger partial charge in [0.2, 0.25) is 10.0 Å². The quantitative estimate of drug-likeness (QED) is 0.544. The van der Waals surface area contributed by atoms with Crippen molar-refractivity contribution in [3.8, 4) is 0 Å². The molecule has 0 aliphatic rings. The SMILES string of the molecule is COCCCCCNS(=O)(=O)c1cc(Br)c(F)cc1N. The topological polar surface area (TPSA) is 81.4 Å². The van der Waals surface area contributed by atoms with Crippen molar-refractivity contribution in [3.05, 3.63) is 22.4 Å². The molecule has 0 unspecified atom stereocenters. The number of unbranched alkanes of at least 4 members (excludes halogenated alkanes) is 2. The Bertz CT molecular complexity index is 552. The molecule has 0 atom stereocenters. The molecule has 5 nitrogen and oxygen atoms in total. The number of sulfonamides is 1. The standard InChI is InChI=1S/C12H18BrFN2O3S/c1-19-6-4-2-3-5-16-20(17,18)12-7-9(13)10(14)8-11(12)15/h7-8,16H,2-6,15H2,1H3. The third kappa shape index (κ3) is 5.01. The summed E-state index contributed by atoms with van der Waals surface area (Å²) < 4.78 is 44.7. The zero-order valence-corrected chi connectivity index (χ0v) is 13.6. The van der Waals surface area contributed by atoms with Crippen LogP contribution >= 0.6 is 15.9 Å². The highest BCUT2D eigenvalue weighted by atomic mass is 79.9. The van der Waals surface area contributed by atoms with Gasteiger partial charge in [-0.15, -0.1) is 0 Å². The van der Waals surface area contributed by atoms with E-state index in [1.54, 1.807) is 7.11 Å². The van der Waals surface area contributed by atoms with Gasteiger partial charge in [-0.25, -0.2) is 17.5 Å². The third-order valence-corrected chi connectivity index (χ3v) is 4.78. The molecule has 0 bridgehead atoms. The molecule has 0 heterocycles. The predicted octanol–water partition coefficient (Wildman–Crippen LogP) is 2.27. The lowest BCUT2D eigenvalue weighted by molar-refractivity contribution is 0.192. The van der Waals surface area contributed by atoms with Crippen LogP contribution in [0.5, 0.6) is 0 Å². The minimum absolute atomic E-state index is 0.0622. The monoisotopic (exact) mass is 368 g/mol. The van der Waals surface area contributed by atoms with Gasteiger partial charge in [0.25, 0.3) is 0 Å². The van der Waals surface area contributed by atoms with Crippen LogP contribution in [0.2, 0.25) is 0 Å². The number of hydrogen-bond acceptors (Lipinski definition) is 4. The van der Waals surface area contributed by atoms with E-state index >= 15 is 0 Å². The maximum atomic E-state index is 13.2. The van der Waals surface area contributed by atoms with Crippen LogP contribution in [0.25, 0.3) is 0 Å². The number of nitrogens with two attached hydrogens (primary N) is 1. The van der Waals surface area contributed by atoms with Crippen LogP contribution in [-0.4, -0.2) is 28.7 Å². The number of methoxy groups -OCH3 is 1. The predicted molar refractivity (Wildman–Crippen MR) is 79.4 cm³/mol. The van der Waals surface area contributed by atoms with Crippen molar-refractivity contribution in [2.24, 2.45) is 0 Å². The average molecular weight is 369 g/mol. The largest absolute Gasteiger partial charge is 0.398 e. The number of nitrogens with one attached hydrogen (secondary N) is 1. The normalized spacial score (nSPS) is 11.8. The fourth-order valence-corrected chi connectivity index (χ4v) is 3.31. The summed E-state index contributed by atoms with van der Waals surface area (Å²) in [5.74, 6) is -0.596. The van der Waals surface area contributed by atoms with Crippen LogP contribution in [0, 0.1) is 5.82 Å². The highest BCUT2D eigenvalue weighted by molar-refractivity contribution is 9.10. The van der Waals surface area contributed by atoms with Crippen molar-refractivity contribution in [2.75, 3.05) is 26.0 Å². The number of benzene rings is 1. The second-order valence-electron chi connectivity index (χ2n) is 4.26. The Morgan fingerprint density at radius 3 is 2.70 bits per heavy atom. The van der Waals surface area contributed by atoms with E-state index in [1.165, 1.54) is 0 Å². The zero-order chi connectivity index (χ0) is 15.2. The molecule has 0 aliphatic heterocycles.